The summed E-state index contributed by atoms with van der Waals surface area (Å²) in [6, 6.07) is 16.3. The highest BCUT2D eigenvalue weighted by Crippen LogP contribution is 2.42. The first kappa shape index (κ1) is 27.4. The van der Waals surface area contributed by atoms with Crippen molar-refractivity contribution < 1.29 is 18.7 Å². The number of nitrogens with zero attached hydrogens (tertiary/aromatic N) is 1. The summed E-state index contributed by atoms with van der Waals surface area (Å²) < 4.78 is 21.9. The number of halogens is 1. The maximum absolute atomic E-state index is 14.2. The van der Waals surface area contributed by atoms with Crippen molar-refractivity contribution in [1.29, 1.82) is 0 Å². The average Bonchev–Trinajstić information content (AvgIpc) is 3.08. The van der Waals surface area contributed by atoms with E-state index in [1.807, 2.05) is 60.7 Å². The van der Waals surface area contributed by atoms with Crippen molar-refractivity contribution in [3.63, 3.8) is 0 Å². The van der Waals surface area contributed by atoms with E-state index >= 15 is 0 Å². The molecule has 1 aliphatic carbocycles. The summed E-state index contributed by atoms with van der Waals surface area (Å²) in [5.41, 5.74) is 5.60. The van der Waals surface area contributed by atoms with Crippen LogP contribution in [0, 0.1) is 5.82 Å². The highest BCUT2D eigenvalue weighted by atomic mass is 19.1. The lowest BCUT2D eigenvalue weighted by Gasteiger charge is -2.24. The van der Waals surface area contributed by atoms with Crippen LogP contribution in [0.5, 0.6) is 0 Å². The first-order valence-electron chi connectivity index (χ1n) is 14.0. The Hall–Kier alpha value is -4.19. The van der Waals surface area contributed by atoms with E-state index in [4.69, 9.17) is 4.74 Å². The van der Waals surface area contributed by atoms with Crippen LogP contribution in [0.15, 0.2) is 90.7 Å². The number of ether oxygens (including phenoxy) is 1. The number of amides is 1. The van der Waals surface area contributed by atoms with Crippen LogP contribution in [0.3, 0.4) is 0 Å². The second-order valence-corrected chi connectivity index (χ2v) is 10.6. The summed E-state index contributed by atoms with van der Waals surface area (Å²) in [7, 11) is 0. The highest BCUT2D eigenvalue weighted by molar-refractivity contribution is 6.07. The van der Waals surface area contributed by atoms with Crippen LogP contribution in [0.1, 0.15) is 67.9 Å². The van der Waals surface area contributed by atoms with Gasteiger partial charge in [-0.1, -0.05) is 62.4 Å². The molecule has 1 amide bonds. The fourth-order valence-corrected chi connectivity index (χ4v) is 5.60. The Kier molecular flexibility index (Phi) is 8.44. The number of hydrogen-bond acceptors (Lipinski definition) is 3. The zero-order valence-corrected chi connectivity index (χ0v) is 23.0. The van der Waals surface area contributed by atoms with Gasteiger partial charge in [-0.3, -0.25) is 9.59 Å². The molecule has 1 atom stereocenters. The smallest absolute Gasteiger partial charge is 0.306 e. The van der Waals surface area contributed by atoms with Crippen LogP contribution < -0.4 is 5.32 Å². The maximum Gasteiger partial charge on any atom is 0.306 e. The monoisotopic (exact) mass is 538 g/mol. The Bertz CT molecular complexity index is 1460. The largest absolute Gasteiger partial charge is 0.462 e. The van der Waals surface area contributed by atoms with Gasteiger partial charge in [-0.05, 0) is 72.7 Å². The minimum Gasteiger partial charge on any atom is -0.462 e. The third-order valence-electron chi connectivity index (χ3n) is 7.38. The first-order valence-corrected chi connectivity index (χ1v) is 14.0. The molecule has 2 aromatic carbocycles. The third-order valence-corrected chi connectivity index (χ3v) is 7.38. The molecule has 1 aliphatic heterocycles. The van der Waals surface area contributed by atoms with E-state index in [2.05, 4.69) is 23.7 Å². The Labute approximate surface area is 235 Å². The van der Waals surface area contributed by atoms with Crippen molar-refractivity contribution in [3.05, 3.63) is 108 Å². The molecule has 0 radical (unpaired) electrons. The third kappa shape index (κ3) is 6.01. The molecule has 0 spiro atoms. The molecular formula is C34H35FN2O3. The van der Waals surface area contributed by atoms with Gasteiger partial charge in [-0.15, -0.1) is 0 Å². The number of cyclic esters (lactones) is 1. The van der Waals surface area contributed by atoms with Crippen molar-refractivity contribution in [2.75, 3.05) is 0 Å². The summed E-state index contributed by atoms with van der Waals surface area (Å²) in [4.78, 5) is 26.2. The molecule has 5 rings (SSSR count). The molecule has 0 unspecified atom stereocenters. The minimum atomic E-state index is -0.320. The van der Waals surface area contributed by atoms with Crippen molar-refractivity contribution in [3.8, 4) is 22.4 Å². The Morgan fingerprint density at radius 2 is 1.85 bits per heavy atom. The zero-order chi connectivity index (χ0) is 28.1. The number of hydrogen-bond donors (Lipinski definition) is 1. The Morgan fingerprint density at radius 1 is 1.07 bits per heavy atom. The molecule has 1 fully saturated rings. The van der Waals surface area contributed by atoms with Gasteiger partial charge in [0, 0.05) is 36.3 Å². The number of allylic oxidation sites excluding steroid dienone is 5. The van der Waals surface area contributed by atoms with Gasteiger partial charge in [0.05, 0.1) is 11.3 Å². The lowest BCUT2D eigenvalue weighted by molar-refractivity contribution is -0.154. The van der Waals surface area contributed by atoms with Crippen LogP contribution in [0.4, 0.5) is 4.39 Å². The van der Waals surface area contributed by atoms with Crippen molar-refractivity contribution in [2.24, 2.45) is 0 Å². The number of rotatable bonds is 8. The van der Waals surface area contributed by atoms with Crippen LogP contribution in [-0.2, 0) is 16.1 Å². The van der Waals surface area contributed by atoms with Gasteiger partial charge >= 0.3 is 5.97 Å². The topological polar surface area (TPSA) is 60.3 Å². The van der Waals surface area contributed by atoms with Gasteiger partial charge < -0.3 is 14.6 Å². The summed E-state index contributed by atoms with van der Waals surface area (Å²) in [5, 5.41) is 3.13. The second kappa shape index (κ2) is 12.3. The van der Waals surface area contributed by atoms with Crippen LogP contribution in [0.25, 0.3) is 22.4 Å². The summed E-state index contributed by atoms with van der Waals surface area (Å²) in [5.74, 6) is -0.667. The lowest BCUT2D eigenvalue weighted by Crippen LogP contribution is -2.26. The van der Waals surface area contributed by atoms with Gasteiger partial charge in [-0.2, -0.15) is 0 Å². The average molecular weight is 539 g/mol. The maximum atomic E-state index is 14.2. The Balaban J connectivity index is 1.70. The number of benzene rings is 2. The van der Waals surface area contributed by atoms with E-state index < -0.39 is 0 Å². The number of nitrogens with one attached hydrogen (secondary N) is 1. The van der Waals surface area contributed by atoms with Gasteiger partial charge in [0.25, 0.3) is 5.91 Å². The van der Waals surface area contributed by atoms with Gasteiger partial charge in [0.15, 0.2) is 0 Å². The molecular weight excluding hydrogens is 503 g/mol. The van der Waals surface area contributed by atoms with Crippen LogP contribution >= 0.6 is 0 Å². The van der Waals surface area contributed by atoms with Crippen molar-refractivity contribution in [2.45, 2.75) is 64.5 Å². The molecule has 2 aliphatic rings. The molecule has 206 valence electrons. The Morgan fingerprint density at radius 3 is 2.58 bits per heavy atom. The standard InChI is InChI=1S/C34H35FN2O3/c1-23(2)32-31(34(39)36-27-13-8-3-4-9-14-27)30(24-11-6-5-7-12-24)33(25-17-19-26(35)20-18-25)37(32)22-21-28-15-10-16-29(38)40-28/h3,5-9,11-14,17-20,23,28H,4,10,15-16,21-22H2,1-2H3,(H,36,39)/t28-/m0/s1. The van der Waals surface area contributed by atoms with E-state index in [0.29, 0.717) is 24.9 Å². The number of carbonyl (C=O) groups is 2. The molecule has 1 saturated heterocycles. The van der Waals surface area contributed by atoms with Crippen molar-refractivity contribution >= 4 is 11.9 Å². The highest BCUT2D eigenvalue weighted by Gasteiger charge is 2.31. The first-order chi connectivity index (χ1) is 19.4. The van der Waals surface area contributed by atoms with E-state index in [1.54, 1.807) is 12.1 Å². The predicted molar refractivity (Wildman–Crippen MR) is 156 cm³/mol. The zero-order valence-electron chi connectivity index (χ0n) is 23.0. The van der Waals surface area contributed by atoms with E-state index in [9.17, 15) is 14.0 Å². The molecule has 6 heteroatoms. The quantitative estimate of drug-likeness (QED) is 0.299. The van der Waals surface area contributed by atoms with Crippen LogP contribution in [-0.4, -0.2) is 22.5 Å². The fourth-order valence-electron chi connectivity index (χ4n) is 5.60. The summed E-state index contributed by atoms with van der Waals surface area (Å²) >= 11 is 0. The molecule has 0 saturated carbocycles. The molecule has 1 N–H and O–H groups in total. The minimum absolute atomic E-state index is 0.00451. The number of carbonyl (C=O) groups excluding carboxylic acids is 2. The molecule has 2 heterocycles. The fraction of sp³-hybridized carbons (Fsp3) is 0.294. The van der Waals surface area contributed by atoms with Gasteiger partial charge in [-0.25, -0.2) is 4.39 Å². The molecule has 3 aromatic rings. The van der Waals surface area contributed by atoms with Crippen LogP contribution in [0.2, 0.25) is 0 Å². The lowest BCUT2D eigenvalue weighted by atomic mass is 9.94. The summed E-state index contributed by atoms with van der Waals surface area (Å²) in [6.07, 6.45) is 13.2. The van der Waals surface area contributed by atoms with Gasteiger partial charge in [0.1, 0.15) is 11.9 Å². The van der Waals surface area contributed by atoms with Gasteiger partial charge in [0.2, 0.25) is 0 Å². The number of esters is 1. The van der Waals surface area contributed by atoms with Crippen molar-refractivity contribution in [1.82, 2.24) is 9.88 Å². The molecule has 0 bridgehead atoms. The van der Waals surface area contributed by atoms with E-state index in [-0.39, 0.29) is 29.7 Å². The SMILES string of the molecule is CC(C)c1c(C(=O)NC2=CC=CCC=C2)c(-c2ccccc2)c(-c2ccc(F)cc2)n1CC[C@@H]1CCCC(=O)O1. The summed E-state index contributed by atoms with van der Waals surface area (Å²) in [6.45, 7) is 4.72. The predicted octanol–water partition coefficient (Wildman–Crippen LogP) is 7.70. The molecule has 5 nitrogen and oxygen atoms in total. The number of aromatic nitrogens is 1. The molecule has 1 aromatic heterocycles. The van der Waals surface area contributed by atoms with E-state index in [0.717, 1.165) is 53.0 Å². The normalized spacial score (nSPS) is 16.9. The second-order valence-electron chi connectivity index (χ2n) is 10.6. The molecule has 40 heavy (non-hydrogen) atoms. The van der Waals surface area contributed by atoms with E-state index in [1.165, 1.54) is 12.1 Å².